The molecule has 0 unspecified atom stereocenters. The number of hydrogen-bond acceptors (Lipinski definition) is 2. The van der Waals surface area contributed by atoms with Gasteiger partial charge in [0.25, 0.3) is 0 Å². The average molecular weight is 113 g/mol. The summed E-state index contributed by atoms with van der Waals surface area (Å²) in [6, 6.07) is 0. The number of thioether (sulfide) groups is 1. The van der Waals surface area contributed by atoms with Crippen molar-refractivity contribution in [1.29, 1.82) is 5.26 Å². The smallest absolute Gasteiger partial charge is 0.133 e. The molecule has 0 rings (SSSR count). The third-order valence-electron chi connectivity index (χ3n) is 0.480. The Morgan fingerprint density at radius 3 is 3.00 bits per heavy atom. The molecule has 0 aromatic heterocycles. The SMILES string of the molecule is CC=CCSC#N. The molecule has 0 saturated heterocycles. The molecule has 0 spiro atoms. The Bertz CT molecular complexity index is 90.7. The van der Waals surface area contributed by atoms with E-state index < -0.39 is 0 Å². The maximum absolute atomic E-state index is 7.97. The second-order valence-corrected chi connectivity index (χ2v) is 1.78. The summed E-state index contributed by atoms with van der Waals surface area (Å²) in [5, 5.41) is 9.94. The van der Waals surface area contributed by atoms with Gasteiger partial charge in [-0.25, -0.2) is 0 Å². The van der Waals surface area contributed by atoms with Crippen molar-refractivity contribution in [3.05, 3.63) is 12.2 Å². The van der Waals surface area contributed by atoms with E-state index in [2.05, 4.69) is 0 Å². The monoisotopic (exact) mass is 113 g/mol. The average Bonchev–Trinajstić information content (AvgIpc) is 1.69. The highest BCUT2D eigenvalue weighted by Gasteiger charge is 1.71. The quantitative estimate of drug-likeness (QED) is 0.309. The van der Waals surface area contributed by atoms with E-state index in [1.807, 2.05) is 24.5 Å². The van der Waals surface area contributed by atoms with Gasteiger partial charge in [-0.15, -0.1) is 0 Å². The van der Waals surface area contributed by atoms with Crippen LogP contribution in [0.15, 0.2) is 12.2 Å². The number of thiocyanates is 1. The van der Waals surface area contributed by atoms with Crippen molar-refractivity contribution in [2.45, 2.75) is 6.92 Å². The largest absolute Gasteiger partial charge is 0.185 e. The molecule has 0 saturated carbocycles. The molecule has 0 fully saturated rings. The van der Waals surface area contributed by atoms with Crippen LogP contribution in [0.25, 0.3) is 0 Å². The van der Waals surface area contributed by atoms with Gasteiger partial charge < -0.3 is 0 Å². The lowest BCUT2D eigenvalue weighted by molar-refractivity contribution is 1.56. The molecule has 0 radical (unpaired) electrons. The summed E-state index contributed by atoms with van der Waals surface area (Å²) < 4.78 is 0. The van der Waals surface area contributed by atoms with Gasteiger partial charge in [0, 0.05) is 5.75 Å². The lowest BCUT2D eigenvalue weighted by Gasteiger charge is -1.74. The first-order chi connectivity index (χ1) is 3.41. The third-order valence-corrected chi connectivity index (χ3v) is 0.968. The Labute approximate surface area is 48.0 Å². The molecule has 0 aromatic rings. The van der Waals surface area contributed by atoms with Crippen molar-refractivity contribution in [3.8, 4) is 5.40 Å². The van der Waals surface area contributed by atoms with E-state index in [0.717, 1.165) is 5.75 Å². The highest BCUT2D eigenvalue weighted by Crippen LogP contribution is 1.93. The summed E-state index contributed by atoms with van der Waals surface area (Å²) in [6.07, 6.45) is 3.89. The van der Waals surface area contributed by atoms with Crippen molar-refractivity contribution in [2.24, 2.45) is 0 Å². The molecule has 38 valence electrons. The number of nitrogens with zero attached hydrogens (tertiary/aromatic N) is 1. The number of allylic oxidation sites excluding steroid dienone is 1. The lowest BCUT2D eigenvalue weighted by Crippen LogP contribution is -1.60. The normalized spacial score (nSPS) is 9.14. The van der Waals surface area contributed by atoms with Gasteiger partial charge in [0.05, 0.1) is 0 Å². The van der Waals surface area contributed by atoms with Crippen LogP contribution < -0.4 is 0 Å². The van der Waals surface area contributed by atoms with Crippen LogP contribution in [0.4, 0.5) is 0 Å². The first-order valence-corrected chi connectivity index (χ1v) is 3.02. The van der Waals surface area contributed by atoms with Crippen molar-refractivity contribution < 1.29 is 0 Å². The van der Waals surface area contributed by atoms with Gasteiger partial charge in [-0.05, 0) is 18.7 Å². The molecule has 0 aliphatic rings. The summed E-state index contributed by atoms with van der Waals surface area (Å²) in [5.74, 6) is 0.812. The van der Waals surface area contributed by atoms with Crippen LogP contribution >= 0.6 is 11.8 Å². The molecule has 0 aromatic carbocycles. The highest BCUT2D eigenvalue weighted by atomic mass is 32.2. The van der Waals surface area contributed by atoms with Gasteiger partial charge in [-0.1, -0.05) is 12.2 Å². The fourth-order valence-electron chi connectivity index (χ4n) is 0.182. The molecule has 0 amide bonds. The van der Waals surface area contributed by atoms with Gasteiger partial charge >= 0.3 is 0 Å². The third kappa shape index (κ3) is 5.58. The molecule has 0 heterocycles. The van der Waals surface area contributed by atoms with Crippen molar-refractivity contribution in [2.75, 3.05) is 5.75 Å². The van der Waals surface area contributed by atoms with E-state index in [4.69, 9.17) is 5.26 Å². The Morgan fingerprint density at radius 2 is 2.57 bits per heavy atom. The van der Waals surface area contributed by atoms with Gasteiger partial charge in [-0.2, -0.15) is 5.26 Å². The van der Waals surface area contributed by atoms with E-state index in [1.165, 1.54) is 11.8 Å². The molecule has 0 aliphatic heterocycles. The van der Waals surface area contributed by atoms with E-state index >= 15 is 0 Å². The maximum Gasteiger partial charge on any atom is 0.133 e. The summed E-state index contributed by atoms with van der Waals surface area (Å²) >= 11 is 1.25. The molecule has 0 bridgehead atoms. The molecule has 0 aliphatic carbocycles. The second-order valence-electron chi connectivity index (χ2n) is 0.971. The fourth-order valence-corrected chi connectivity index (χ4v) is 0.545. The predicted molar refractivity (Wildman–Crippen MR) is 32.9 cm³/mol. The van der Waals surface area contributed by atoms with Crippen LogP contribution in [-0.2, 0) is 0 Å². The van der Waals surface area contributed by atoms with Crippen LogP contribution in [-0.4, -0.2) is 5.75 Å². The minimum absolute atomic E-state index is 0.812. The second kappa shape index (κ2) is 5.58. The molecule has 0 atom stereocenters. The van der Waals surface area contributed by atoms with Gasteiger partial charge in [-0.3, -0.25) is 0 Å². The lowest BCUT2D eigenvalue weighted by atomic mass is 10.6. The van der Waals surface area contributed by atoms with Crippen molar-refractivity contribution >= 4 is 11.8 Å². The zero-order chi connectivity index (χ0) is 5.54. The number of nitriles is 1. The number of hydrogen-bond donors (Lipinski definition) is 0. The summed E-state index contributed by atoms with van der Waals surface area (Å²) in [6.45, 7) is 1.94. The summed E-state index contributed by atoms with van der Waals surface area (Å²) in [4.78, 5) is 0. The Kier molecular flexibility index (Phi) is 5.25. The first-order valence-electron chi connectivity index (χ1n) is 2.04. The van der Waals surface area contributed by atoms with Crippen molar-refractivity contribution in [3.63, 3.8) is 0 Å². The van der Waals surface area contributed by atoms with E-state index in [9.17, 15) is 0 Å². The maximum atomic E-state index is 7.97. The predicted octanol–water partition coefficient (Wildman–Crippen LogP) is 1.78. The van der Waals surface area contributed by atoms with Gasteiger partial charge in [0.2, 0.25) is 0 Å². The van der Waals surface area contributed by atoms with Crippen LogP contribution in [0.1, 0.15) is 6.92 Å². The Hall–Kier alpha value is -0.420. The zero-order valence-corrected chi connectivity index (χ0v) is 5.03. The fraction of sp³-hybridized carbons (Fsp3) is 0.400. The Balaban J connectivity index is 2.87. The zero-order valence-electron chi connectivity index (χ0n) is 4.22. The first kappa shape index (κ1) is 6.58. The van der Waals surface area contributed by atoms with Crippen LogP contribution in [0, 0.1) is 10.7 Å². The van der Waals surface area contributed by atoms with Crippen LogP contribution in [0.3, 0.4) is 0 Å². The van der Waals surface area contributed by atoms with Crippen LogP contribution in [0.2, 0.25) is 0 Å². The highest BCUT2D eigenvalue weighted by molar-refractivity contribution is 8.03. The molecule has 1 nitrogen and oxygen atoms in total. The summed E-state index contributed by atoms with van der Waals surface area (Å²) in [7, 11) is 0. The molecular formula is C5H7NS. The topological polar surface area (TPSA) is 23.8 Å². The summed E-state index contributed by atoms with van der Waals surface area (Å²) in [5.41, 5.74) is 0. The molecule has 0 N–H and O–H groups in total. The van der Waals surface area contributed by atoms with Gasteiger partial charge in [0.1, 0.15) is 5.40 Å². The molecule has 7 heavy (non-hydrogen) atoms. The van der Waals surface area contributed by atoms with Crippen LogP contribution in [0.5, 0.6) is 0 Å². The minimum atomic E-state index is 0.812. The van der Waals surface area contributed by atoms with E-state index in [-0.39, 0.29) is 0 Å². The van der Waals surface area contributed by atoms with E-state index in [1.54, 1.807) is 0 Å². The van der Waals surface area contributed by atoms with Gasteiger partial charge in [0.15, 0.2) is 0 Å². The minimum Gasteiger partial charge on any atom is -0.185 e. The molecular weight excluding hydrogens is 106 g/mol. The van der Waals surface area contributed by atoms with E-state index in [0.29, 0.717) is 0 Å². The molecule has 2 heteroatoms. The Morgan fingerprint density at radius 1 is 1.86 bits per heavy atom. The standard InChI is InChI=1S/C5H7NS/c1-2-3-4-7-5-6/h2-3H,4H2,1H3. The van der Waals surface area contributed by atoms with Crippen molar-refractivity contribution in [1.82, 2.24) is 0 Å². The number of rotatable bonds is 2.